The fraction of sp³-hybridized carbons (Fsp3) is 0.273. The van der Waals surface area contributed by atoms with Gasteiger partial charge in [-0.05, 0) is 112 Å². The summed E-state index contributed by atoms with van der Waals surface area (Å²) in [6.07, 6.45) is 18.8. The Morgan fingerprint density at radius 3 is 1.47 bits per heavy atom. The Morgan fingerprint density at radius 2 is 0.795 bits per heavy atom. The Hall–Kier alpha value is -8.64. The van der Waals surface area contributed by atoms with Gasteiger partial charge in [0.05, 0.1) is 27.6 Å². The van der Waals surface area contributed by atoms with Gasteiger partial charge < -0.3 is 0 Å². The molecule has 0 saturated heterocycles. The number of rotatable bonds is 0. The molecule has 0 spiro atoms. The molecule has 0 amide bonds. The molecule has 12 nitrogen and oxygen atoms in total. The molecule has 0 N–H and O–H groups in total. The topological polar surface area (TPSA) is 155 Å². The third-order valence-corrected chi connectivity index (χ3v) is 10.2. The molecule has 12 aromatic rings. The molecule has 7 heterocycles. The van der Waals surface area contributed by atoms with Crippen LogP contribution in [0.1, 0.15) is 117 Å². The molecule has 0 saturated carbocycles. The number of fused-ring (bicyclic) bond motifs is 6. The van der Waals surface area contributed by atoms with Crippen molar-refractivity contribution >= 4 is 65.5 Å². The highest BCUT2D eigenvalue weighted by Gasteiger charge is 1.98. The minimum absolute atomic E-state index is 0.818. The molecule has 0 atom stereocenters. The molecule has 5 aromatic carbocycles. The molecule has 0 fully saturated rings. The van der Waals surface area contributed by atoms with Gasteiger partial charge >= 0.3 is 0 Å². The molecule has 12 heteroatoms. The first-order valence-corrected chi connectivity index (χ1v) is 27.2. The first kappa shape index (κ1) is 67.4. The van der Waals surface area contributed by atoms with Gasteiger partial charge in [0.2, 0.25) is 0 Å². The van der Waals surface area contributed by atoms with Gasteiger partial charge in [0.15, 0.2) is 5.65 Å². The van der Waals surface area contributed by atoms with E-state index in [1.54, 1.807) is 37.8 Å². The highest BCUT2D eigenvalue weighted by Crippen LogP contribution is 2.16. The summed E-state index contributed by atoms with van der Waals surface area (Å²) >= 11 is 0. The van der Waals surface area contributed by atoms with E-state index >= 15 is 0 Å². The van der Waals surface area contributed by atoms with Gasteiger partial charge in [0, 0.05) is 75.2 Å². The average molecular weight is 1050 g/mol. The standard InChI is InChI=1S/6C9H8N2.6C2H6/c1-7-2-3-9-8(4-7)5-10-6-11-9;1-7-2-3-8-5-10-6-11-9(8)4-7;1-7-5-8-3-2-4-10-9(8)11-6-7;1-7-3-2-4-9-8(7)5-10-6-11-9;1-7-3-2-4-8-5-10-6-11-9(7)8;1-7-8-4-2-3-5-9(8)11-6-10-7;6*1-2/h6*2-6H,1H3;6*1-2H3. The van der Waals surface area contributed by atoms with E-state index in [9.17, 15) is 0 Å². The Labute approximate surface area is 465 Å². The molecule has 7 aromatic heterocycles. The zero-order valence-electron chi connectivity index (χ0n) is 49.7. The van der Waals surface area contributed by atoms with Crippen LogP contribution in [0.15, 0.2) is 184 Å². The predicted molar refractivity (Wildman–Crippen MR) is 334 cm³/mol. The fourth-order valence-electron chi connectivity index (χ4n) is 6.72. The van der Waals surface area contributed by atoms with Crippen molar-refractivity contribution in [3.63, 3.8) is 0 Å². The van der Waals surface area contributed by atoms with Crippen molar-refractivity contribution in [2.75, 3.05) is 0 Å². The lowest BCUT2D eigenvalue weighted by Crippen LogP contribution is -1.85. The number of benzene rings is 5. The summed E-state index contributed by atoms with van der Waals surface area (Å²) in [5.41, 5.74) is 13.0. The van der Waals surface area contributed by atoms with Crippen LogP contribution in [0.2, 0.25) is 0 Å². The largest absolute Gasteiger partial charge is 0.244 e. The van der Waals surface area contributed by atoms with Gasteiger partial charge in [-0.2, -0.15) is 0 Å². The van der Waals surface area contributed by atoms with Crippen LogP contribution >= 0.6 is 0 Å². The van der Waals surface area contributed by atoms with E-state index in [2.05, 4.69) is 130 Å². The number of aryl methyl sites for hydroxylation is 6. The Morgan fingerprint density at radius 1 is 0.282 bits per heavy atom. The number of hydrogen-bond donors (Lipinski definition) is 0. The second kappa shape index (κ2) is 40.6. The Kier molecular flexibility index (Phi) is 35.1. The molecule has 0 aliphatic carbocycles. The summed E-state index contributed by atoms with van der Waals surface area (Å²) in [7, 11) is 0. The smallest absolute Gasteiger partial charge is 0.159 e. The van der Waals surface area contributed by atoms with E-state index < -0.39 is 0 Å². The molecular weight excluding hydrogens is 961 g/mol. The molecule has 12 rings (SSSR count). The predicted octanol–water partition coefficient (Wildman–Crippen LogP) is 17.8. The summed E-state index contributed by atoms with van der Waals surface area (Å²) in [6, 6.07) is 38.4. The SMILES string of the molecule is CC.CC.CC.CC.CC.CC.Cc1ccc2cncnc2c1.Cc1ccc2ncncc2c1.Cc1cccc2cncnc12.Cc1cccc2ncncc12.Cc1cnc2ncccc2c1.Cc1ncnc2ccccc12. The van der Waals surface area contributed by atoms with E-state index in [-0.39, 0.29) is 0 Å². The van der Waals surface area contributed by atoms with E-state index in [0.717, 1.165) is 71.2 Å². The van der Waals surface area contributed by atoms with Crippen LogP contribution in [0, 0.1) is 41.5 Å². The maximum Gasteiger partial charge on any atom is 0.159 e. The van der Waals surface area contributed by atoms with Crippen LogP contribution in [0.25, 0.3) is 65.5 Å². The summed E-state index contributed by atoms with van der Waals surface area (Å²) < 4.78 is 0. The number of para-hydroxylation sites is 2. The fourth-order valence-corrected chi connectivity index (χ4v) is 6.72. The third kappa shape index (κ3) is 22.7. The van der Waals surface area contributed by atoms with Crippen molar-refractivity contribution in [2.45, 2.75) is 125 Å². The van der Waals surface area contributed by atoms with Gasteiger partial charge in [-0.1, -0.05) is 155 Å². The van der Waals surface area contributed by atoms with Crippen molar-refractivity contribution in [3.8, 4) is 0 Å². The monoisotopic (exact) mass is 1040 g/mol. The first-order valence-electron chi connectivity index (χ1n) is 27.2. The number of pyridine rings is 2. The summed E-state index contributed by atoms with van der Waals surface area (Å²) in [5, 5.41) is 6.68. The maximum absolute atomic E-state index is 4.17. The van der Waals surface area contributed by atoms with Crippen molar-refractivity contribution < 1.29 is 0 Å². The first-order chi connectivity index (χ1) is 38.2. The molecule has 78 heavy (non-hydrogen) atoms. The van der Waals surface area contributed by atoms with E-state index in [1.807, 2.05) is 201 Å². The zero-order chi connectivity index (χ0) is 58.1. The van der Waals surface area contributed by atoms with Gasteiger partial charge in [-0.3, -0.25) is 0 Å². The molecule has 0 unspecified atom stereocenters. The summed E-state index contributed by atoms with van der Waals surface area (Å²) in [4.78, 5) is 48.8. The van der Waals surface area contributed by atoms with Crippen molar-refractivity contribution in [3.05, 3.63) is 218 Å². The number of nitrogens with zero attached hydrogens (tertiary/aromatic N) is 12. The lowest BCUT2D eigenvalue weighted by Gasteiger charge is -1.97. The lowest BCUT2D eigenvalue weighted by atomic mass is 10.1. The highest BCUT2D eigenvalue weighted by molar-refractivity contribution is 5.82. The van der Waals surface area contributed by atoms with Crippen LogP contribution in [0.3, 0.4) is 0 Å². The second-order valence-electron chi connectivity index (χ2n) is 15.3. The lowest BCUT2D eigenvalue weighted by molar-refractivity contribution is 1.15. The van der Waals surface area contributed by atoms with Crippen LogP contribution in [-0.2, 0) is 0 Å². The summed E-state index contributed by atoms with van der Waals surface area (Å²) in [5.74, 6) is 0. The van der Waals surface area contributed by atoms with Crippen LogP contribution in [0.4, 0.5) is 0 Å². The molecular formula is C66H84N12. The Balaban J connectivity index is 0.000000450. The summed E-state index contributed by atoms with van der Waals surface area (Å²) in [6.45, 7) is 36.2. The maximum atomic E-state index is 4.17. The van der Waals surface area contributed by atoms with Crippen molar-refractivity contribution in [1.82, 2.24) is 59.8 Å². The Bertz CT molecular complexity index is 3090. The molecule has 0 aliphatic heterocycles. The second-order valence-corrected chi connectivity index (χ2v) is 15.3. The van der Waals surface area contributed by atoms with Gasteiger partial charge in [-0.25, -0.2) is 59.8 Å². The zero-order valence-corrected chi connectivity index (χ0v) is 49.7. The average Bonchev–Trinajstić information content (AvgIpc) is 3.52. The minimum Gasteiger partial charge on any atom is -0.244 e. The van der Waals surface area contributed by atoms with Crippen LogP contribution in [-0.4, -0.2) is 59.8 Å². The molecule has 0 bridgehead atoms. The van der Waals surface area contributed by atoms with Gasteiger partial charge in [0.25, 0.3) is 0 Å². The van der Waals surface area contributed by atoms with Crippen LogP contribution < -0.4 is 0 Å². The highest BCUT2D eigenvalue weighted by atomic mass is 14.8. The third-order valence-electron chi connectivity index (χ3n) is 10.2. The van der Waals surface area contributed by atoms with Crippen LogP contribution in [0.5, 0.6) is 0 Å². The normalized spacial score (nSPS) is 9.15. The van der Waals surface area contributed by atoms with Crippen molar-refractivity contribution in [1.29, 1.82) is 0 Å². The number of aromatic nitrogens is 12. The minimum atomic E-state index is 0.818. The number of hydrogen-bond acceptors (Lipinski definition) is 12. The van der Waals surface area contributed by atoms with Crippen molar-refractivity contribution in [2.24, 2.45) is 0 Å². The molecule has 0 aliphatic rings. The quantitative estimate of drug-likeness (QED) is 0.142. The van der Waals surface area contributed by atoms with E-state index in [0.29, 0.717) is 0 Å². The van der Waals surface area contributed by atoms with E-state index in [4.69, 9.17) is 0 Å². The molecule has 408 valence electrons. The van der Waals surface area contributed by atoms with Gasteiger partial charge in [0.1, 0.15) is 31.6 Å². The molecule has 0 radical (unpaired) electrons. The van der Waals surface area contributed by atoms with E-state index in [1.165, 1.54) is 27.8 Å². The van der Waals surface area contributed by atoms with Gasteiger partial charge in [-0.15, -0.1) is 0 Å².